The molecular formula is C20H33N3O3. The fourth-order valence-corrected chi connectivity index (χ4v) is 3.06. The van der Waals surface area contributed by atoms with Crippen molar-refractivity contribution < 1.29 is 14.2 Å². The van der Waals surface area contributed by atoms with E-state index in [1.807, 2.05) is 31.3 Å². The van der Waals surface area contributed by atoms with E-state index in [-0.39, 0.29) is 0 Å². The van der Waals surface area contributed by atoms with Crippen LogP contribution in [0.2, 0.25) is 0 Å². The van der Waals surface area contributed by atoms with E-state index in [9.17, 15) is 0 Å². The van der Waals surface area contributed by atoms with Crippen LogP contribution in [0.1, 0.15) is 25.7 Å². The minimum Gasteiger partial charge on any atom is -0.497 e. The zero-order valence-electron chi connectivity index (χ0n) is 16.4. The van der Waals surface area contributed by atoms with Gasteiger partial charge in [-0.25, -0.2) is 0 Å². The highest BCUT2D eigenvalue weighted by Crippen LogP contribution is 2.19. The number of methoxy groups -OCH3 is 1. The molecule has 1 saturated heterocycles. The maximum Gasteiger partial charge on any atom is 0.193 e. The van der Waals surface area contributed by atoms with Crippen molar-refractivity contribution >= 4 is 5.96 Å². The molecule has 0 spiro atoms. The predicted octanol–water partition coefficient (Wildman–Crippen LogP) is 2.79. The Balaban J connectivity index is 1.61. The number of guanidine groups is 1. The van der Waals surface area contributed by atoms with Crippen LogP contribution >= 0.6 is 0 Å². The Morgan fingerprint density at radius 1 is 1.31 bits per heavy atom. The molecule has 1 heterocycles. The first kappa shape index (κ1) is 20.4. The fraction of sp³-hybridized carbons (Fsp3) is 0.650. The van der Waals surface area contributed by atoms with Crippen LogP contribution in [-0.2, 0) is 4.74 Å². The Kier molecular flexibility index (Phi) is 9.10. The molecule has 0 unspecified atom stereocenters. The summed E-state index contributed by atoms with van der Waals surface area (Å²) < 4.78 is 16.4. The van der Waals surface area contributed by atoms with Crippen LogP contribution in [-0.4, -0.2) is 65.0 Å². The van der Waals surface area contributed by atoms with Gasteiger partial charge in [0.05, 0.1) is 13.7 Å². The lowest BCUT2D eigenvalue weighted by Gasteiger charge is -2.26. The Bertz CT molecular complexity index is 545. The normalized spacial score (nSPS) is 15.6. The summed E-state index contributed by atoms with van der Waals surface area (Å²) in [5, 5.41) is 3.41. The lowest BCUT2D eigenvalue weighted by atomic mass is 9.96. The predicted molar refractivity (Wildman–Crippen MR) is 105 cm³/mol. The smallest absolute Gasteiger partial charge is 0.193 e. The molecule has 0 atom stereocenters. The number of rotatable bonds is 9. The summed E-state index contributed by atoms with van der Waals surface area (Å²) in [5.74, 6) is 3.37. The van der Waals surface area contributed by atoms with Gasteiger partial charge in [-0.1, -0.05) is 6.07 Å². The quantitative estimate of drug-likeness (QED) is 0.415. The van der Waals surface area contributed by atoms with Crippen molar-refractivity contribution in [2.24, 2.45) is 10.9 Å². The maximum atomic E-state index is 5.77. The van der Waals surface area contributed by atoms with Gasteiger partial charge in [0, 0.05) is 46.5 Å². The van der Waals surface area contributed by atoms with E-state index < -0.39 is 0 Å². The second-order valence-electron chi connectivity index (χ2n) is 6.62. The molecule has 1 fully saturated rings. The molecule has 0 aliphatic carbocycles. The van der Waals surface area contributed by atoms with Gasteiger partial charge in [-0.15, -0.1) is 0 Å². The average Bonchev–Trinajstić information content (AvgIpc) is 2.70. The Labute approximate surface area is 157 Å². The lowest BCUT2D eigenvalue weighted by Crippen LogP contribution is -2.40. The molecule has 1 aliphatic rings. The third-order valence-electron chi connectivity index (χ3n) is 4.70. The molecule has 0 aromatic heterocycles. The van der Waals surface area contributed by atoms with Crippen LogP contribution in [0, 0.1) is 5.92 Å². The van der Waals surface area contributed by atoms with Crippen LogP contribution in [0.4, 0.5) is 0 Å². The standard InChI is InChI=1S/C20H33N3O3/c1-21-20(23(2)12-8-17-9-14-25-15-10-17)22-11-5-13-26-19-7-4-6-18(16-19)24-3/h4,6-7,16-17H,5,8-15H2,1-3H3,(H,21,22). The molecule has 1 aromatic carbocycles. The van der Waals surface area contributed by atoms with Crippen LogP contribution in [0.25, 0.3) is 0 Å². The van der Waals surface area contributed by atoms with Gasteiger partial charge < -0.3 is 24.4 Å². The second kappa shape index (κ2) is 11.6. The number of aliphatic imine (C=N–C) groups is 1. The topological polar surface area (TPSA) is 55.3 Å². The van der Waals surface area contributed by atoms with Gasteiger partial charge in [0.2, 0.25) is 0 Å². The number of nitrogens with zero attached hydrogens (tertiary/aromatic N) is 2. The van der Waals surface area contributed by atoms with Gasteiger partial charge in [-0.3, -0.25) is 4.99 Å². The van der Waals surface area contributed by atoms with E-state index in [0.29, 0.717) is 6.61 Å². The van der Waals surface area contributed by atoms with Crippen LogP contribution in [0.5, 0.6) is 11.5 Å². The highest BCUT2D eigenvalue weighted by atomic mass is 16.5. The first-order valence-corrected chi connectivity index (χ1v) is 9.49. The van der Waals surface area contributed by atoms with E-state index in [1.165, 1.54) is 19.3 Å². The summed E-state index contributed by atoms with van der Waals surface area (Å²) in [7, 11) is 5.59. The van der Waals surface area contributed by atoms with Crippen LogP contribution < -0.4 is 14.8 Å². The van der Waals surface area contributed by atoms with E-state index >= 15 is 0 Å². The van der Waals surface area contributed by atoms with Crippen molar-refractivity contribution in [3.8, 4) is 11.5 Å². The second-order valence-corrected chi connectivity index (χ2v) is 6.62. The van der Waals surface area contributed by atoms with Crippen molar-refractivity contribution in [3.63, 3.8) is 0 Å². The number of hydrogen-bond acceptors (Lipinski definition) is 4. The number of nitrogens with one attached hydrogen (secondary N) is 1. The van der Waals surface area contributed by atoms with E-state index in [1.54, 1.807) is 7.11 Å². The summed E-state index contributed by atoms with van der Waals surface area (Å²) in [6.45, 7) is 4.33. The maximum absolute atomic E-state index is 5.77. The van der Waals surface area contributed by atoms with Crippen LogP contribution in [0.3, 0.4) is 0 Å². The van der Waals surface area contributed by atoms with Gasteiger partial charge in [-0.05, 0) is 43.7 Å². The van der Waals surface area contributed by atoms with Crippen LogP contribution in [0.15, 0.2) is 29.3 Å². The molecule has 6 heteroatoms. The monoisotopic (exact) mass is 363 g/mol. The number of ether oxygens (including phenoxy) is 3. The Hall–Kier alpha value is -1.95. The molecular weight excluding hydrogens is 330 g/mol. The van der Waals surface area contributed by atoms with E-state index in [2.05, 4.69) is 22.3 Å². The molecule has 1 aromatic rings. The summed E-state index contributed by atoms with van der Waals surface area (Å²) in [4.78, 5) is 6.59. The van der Waals surface area contributed by atoms with Crippen molar-refractivity contribution in [3.05, 3.63) is 24.3 Å². The zero-order chi connectivity index (χ0) is 18.6. The minimum atomic E-state index is 0.656. The summed E-state index contributed by atoms with van der Waals surface area (Å²) in [5.41, 5.74) is 0. The molecule has 0 amide bonds. The van der Waals surface area contributed by atoms with E-state index in [4.69, 9.17) is 14.2 Å². The molecule has 26 heavy (non-hydrogen) atoms. The fourth-order valence-electron chi connectivity index (χ4n) is 3.06. The van der Waals surface area contributed by atoms with Crippen molar-refractivity contribution in [1.29, 1.82) is 0 Å². The molecule has 1 N–H and O–H groups in total. The van der Waals surface area contributed by atoms with Crippen molar-refractivity contribution in [2.75, 3.05) is 54.1 Å². The summed E-state index contributed by atoms with van der Waals surface area (Å²) in [6, 6.07) is 7.69. The van der Waals surface area contributed by atoms with Crippen molar-refractivity contribution in [2.45, 2.75) is 25.7 Å². The third-order valence-corrected chi connectivity index (χ3v) is 4.70. The van der Waals surface area contributed by atoms with Gasteiger partial charge in [-0.2, -0.15) is 0 Å². The van der Waals surface area contributed by atoms with Crippen molar-refractivity contribution in [1.82, 2.24) is 10.2 Å². The first-order chi connectivity index (χ1) is 12.7. The molecule has 1 aliphatic heterocycles. The number of hydrogen-bond donors (Lipinski definition) is 1. The Morgan fingerprint density at radius 3 is 2.81 bits per heavy atom. The summed E-state index contributed by atoms with van der Waals surface area (Å²) in [6.07, 6.45) is 4.46. The molecule has 146 valence electrons. The van der Waals surface area contributed by atoms with Gasteiger partial charge in [0.25, 0.3) is 0 Å². The SMILES string of the molecule is CN=C(NCCCOc1cccc(OC)c1)N(C)CCC1CCOCC1. The zero-order valence-corrected chi connectivity index (χ0v) is 16.4. The van der Waals surface area contributed by atoms with Gasteiger partial charge in [0.15, 0.2) is 5.96 Å². The summed E-state index contributed by atoms with van der Waals surface area (Å²) >= 11 is 0. The first-order valence-electron chi connectivity index (χ1n) is 9.49. The Morgan fingerprint density at radius 2 is 2.08 bits per heavy atom. The third kappa shape index (κ3) is 7.12. The average molecular weight is 364 g/mol. The molecule has 0 radical (unpaired) electrons. The number of benzene rings is 1. The molecule has 2 rings (SSSR count). The largest absolute Gasteiger partial charge is 0.497 e. The molecule has 6 nitrogen and oxygen atoms in total. The molecule has 0 saturated carbocycles. The lowest BCUT2D eigenvalue weighted by molar-refractivity contribution is 0.0625. The highest BCUT2D eigenvalue weighted by molar-refractivity contribution is 5.79. The van der Waals surface area contributed by atoms with E-state index in [0.717, 1.165) is 56.1 Å². The highest BCUT2D eigenvalue weighted by Gasteiger charge is 2.15. The van der Waals surface area contributed by atoms with Gasteiger partial charge in [0.1, 0.15) is 11.5 Å². The van der Waals surface area contributed by atoms with Gasteiger partial charge >= 0.3 is 0 Å². The molecule has 0 bridgehead atoms. The minimum absolute atomic E-state index is 0.656.